The second kappa shape index (κ2) is 5.88. The van der Waals surface area contributed by atoms with Crippen molar-refractivity contribution in [3.8, 4) is 0 Å². The Balaban J connectivity index is 2.22. The van der Waals surface area contributed by atoms with Gasteiger partial charge in [0.1, 0.15) is 0 Å². The molecule has 0 bridgehead atoms. The lowest BCUT2D eigenvalue weighted by atomic mass is 10.0. The summed E-state index contributed by atoms with van der Waals surface area (Å²) in [5, 5.41) is 14.8. The summed E-state index contributed by atoms with van der Waals surface area (Å²) < 4.78 is 2.84. The van der Waals surface area contributed by atoms with E-state index in [1.54, 1.807) is 0 Å². The Morgan fingerprint density at radius 2 is 2.16 bits per heavy atom. The van der Waals surface area contributed by atoms with Gasteiger partial charge in [-0.05, 0) is 30.5 Å². The summed E-state index contributed by atoms with van der Waals surface area (Å²) in [4.78, 5) is 0. The number of hydrogen-bond donors (Lipinski definition) is 1. The summed E-state index contributed by atoms with van der Waals surface area (Å²) in [7, 11) is 1.92. The molecule has 1 aromatic carbocycles. The molecule has 1 heterocycles. The van der Waals surface area contributed by atoms with Crippen LogP contribution in [0, 0.1) is 6.92 Å². The lowest BCUT2D eigenvalue weighted by Gasteiger charge is -2.14. The third-order valence-electron chi connectivity index (χ3n) is 3.37. The van der Waals surface area contributed by atoms with Crippen LogP contribution in [0.15, 0.2) is 28.7 Å². The standard InChI is InChI=1S/C15H19BrN2O/c1-4-11-8-12(18(3)17-11)9-14(19)13-7-5-6-10(2)15(13)16/h5-8,14,19H,4,9H2,1-3H3. The molecule has 1 unspecified atom stereocenters. The molecule has 0 aliphatic carbocycles. The van der Waals surface area contributed by atoms with Crippen LogP contribution < -0.4 is 0 Å². The molecule has 1 N–H and O–H groups in total. The van der Waals surface area contributed by atoms with Crippen LogP contribution in [-0.4, -0.2) is 14.9 Å². The zero-order valence-corrected chi connectivity index (χ0v) is 13.1. The van der Waals surface area contributed by atoms with Crippen molar-refractivity contribution in [1.29, 1.82) is 0 Å². The van der Waals surface area contributed by atoms with Crippen LogP contribution in [-0.2, 0) is 19.9 Å². The number of hydrogen-bond acceptors (Lipinski definition) is 2. The number of aliphatic hydroxyl groups is 1. The molecule has 4 heteroatoms. The van der Waals surface area contributed by atoms with Crippen molar-refractivity contribution < 1.29 is 5.11 Å². The normalized spacial score (nSPS) is 12.7. The Kier molecular flexibility index (Phi) is 4.42. The van der Waals surface area contributed by atoms with Crippen LogP contribution in [0.25, 0.3) is 0 Å². The van der Waals surface area contributed by atoms with Crippen molar-refractivity contribution in [2.45, 2.75) is 32.8 Å². The highest BCUT2D eigenvalue weighted by Crippen LogP contribution is 2.28. The molecular weight excluding hydrogens is 304 g/mol. The predicted molar refractivity (Wildman–Crippen MR) is 80.1 cm³/mol. The third kappa shape index (κ3) is 3.07. The van der Waals surface area contributed by atoms with E-state index in [-0.39, 0.29) is 0 Å². The molecular formula is C15H19BrN2O. The molecule has 0 spiro atoms. The van der Waals surface area contributed by atoms with E-state index in [2.05, 4.69) is 34.0 Å². The van der Waals surface area contributed by atoms with Crippen LogP contribution in [0.3, 0.4) is 0 Å². The van der Waals surface area contributed by atoms with Gasteiger partial charge in [-0.2, -0.15) is 5.10 Å². The minimum Gasteiger partial charge on any atom is -0.388 e. The minimum absolute atomic E-state index is 0.519. The van der Waals surface area contributed by atoms with Gasteiger partial charge < -0.3 is 5.11 Å². The maximum absolute atomic E-state index is 10.4. The van der Waals surface area contributed by atoms with E-state index >= 15 is 0 Å². The fourth-order valence-electron chi connectivity index (χ4n) is 2.17. The van der Waals surface area contributed by atoms with Gasteiger partial charge in [-0.25, -0.2) is 0 Å². The fourth-order valence-corrected chi connectivity index (χ4v) is 2.70. The molecule has 19 heavy (non-hydrogen) atoms. The zero-order valence-electron chi connectivity index (χ0n) is 11.5. The van der Waals surface area contributed by atoms with Gasteiger partial charge in [0, 0.05) is 23.6 Å². The summed E-state index contributed by atoms with van der Waals surface area (Å²) in [5.41, 5.74) is 4.18. The topological polar surface area (TPSA) is 38.0 Å². The Morgan fingerprint density at radius 1 is 1.42 bits per heavy atom. The smallest absolute Gasteiger partial charge is 0.0856 e. The quantitative estimate of drug-likeness (QED) is 0.937. The van der Waals surface area contributed by atoms with Gasteiger partial charge in [0.15, 0.2) is 0 Å². The SMILES string of the molecule is CCc1cc(CC(O)c2cccc(C)c2Br)n(C)n1. The molecule has 2 aromatic rings. The van der Waals surface area contributed by atoms with Crippen molar-refractivity contribution in [1.82, 2.24) is 9.78 Å². The zero-order chi connectivity index (χ0) is 14.0. The molecule has 3 nitrogen and oxygen atoms in total. The largest absolute Gasteiger partial charge is 0.388 e. The van der Waals surface area contributed by atoms with Crippen molar-refractivity contribution >= 4 is 15.9 Å². The number of aromatic nitrogens is 2. The maximum Gasteiger partial charge on any atom is 0.0856 e. The van der Waals surface area contributed by atoms with Crippen molar-refractivity contribution in [3.63, 3.8) is 0 Å². The van der Waals surface area contributed by atoms with E-state index in [9.17, 15) is 5.11 Å². The van der Waals surface area contributed by atoms with Crippen LogP contribution in [0.5, 0.6) is 0 Å². The second-order valence-electron chi connectivity index (χ2n) is 4.80. The van der Waals surface area contributed by atoms with Gasteiger partial charge in [0.25, 0.3) is 0 Å². The van der Waals surface area contributed by atoms with Gasteiger partial charge in [0.05, 0.1) is 11.8 Å². The average molecular weight is 323 g/mol. The van der Waals surface area contributed by atoms with E-state index in [1.165, 1.54) is 0 Å². The van der Waals surface area contributed by atoms with E-state index in [0.29, 0.717) is 6.42 Å². The second-order valence-corrected chi connectivity index (χ2v) is 5.60. The number of halogens is 1. The number of aryl methyl sites for hydroxylation is 3. The number of benzene rings is 1. The van der Waals surface area contributed by atoms with Crippen molar-refractivity contribution in [2.75, 3.05) is 0 Å². The first kappa shape index (κ1) is 14.3. The molecule has 0 aliphatic rings. The Hall–Kier alpha value is -1.13. The van der Waals surface area contributed by atoms with Crippen molar-refractivity contribution in [3.05, 3.63) is 51.3 Å². The maximum atomic E-state index is 10.4. The van der Waals surface area contributed by atoms with Crippen LogP contribution in [0.4, 0.5) is 0 Å². The summed E-state index contributed by atoms with van der Waals surface area (Å²) in [6.45, 7) is 4.11. The summed E-state index contributed by atoms with van der Waals surface area (Å²) in [6.07, 6.45) is 0.971. The van der Waals surface area contributed by atoms with Crippen LogP contribution in [0.2, 0.25) is 0 Å². The predicted octanol–water partition coefficient (Wildman–Crippen LogP) is 3.33. The van der Waals surface area contributed by atoms with E-state index in [1.807, 2.05) is 36.9 Å². The molecule has 0 aliphatic heterocycles. The third-order valence-corrected chi connectivity index (χ3v) is 4.46. The van der Waals surface area contributed by atoms with Crippen molar-refractivity contribution in [2.24, 2.45) is 7.05 Å². The van der Waals surface area contributed by atoms with E-state index in [4.69, 9.17) is 0 Å². The van der Waals surface area contributed by atoms with E-state index in [0.717, 1.165) is 33.4 Å². The molecule has 1 atom stereocenters. The van der Waals surface area contributed by atoms with Gasteiger partial charge in [-0.15, -0.1) is 0 Å². The van der Waals surface area contributed by atoms with Gasteiger partial charge in [-0.3, -0.25) is 4.68 Å². The summed E-state index contributed by atoms with van der Waals surface area (Å²) in [6, 6.07) is 8.02. The van der Waals surface area contributed by atoms with Gasteiger partial charge in [0.2, 0.25) is 0 Å². The summed E-state index contributed by atoms with van der Waals surface area (Å²) in [5.74, 6) is 0. The molecule has 0 saturated heterocycles. The van der Waals surface area contributed by atoms with E-state index < -0.39 is 6.10 Å². The molecule has 0 fully saturated rings. The fraction of sp³-hybridized carbons (Fsp3) is 0.400. The molecule has 2 rings (SSSR count). The average Bonchev–Trinajstić information content (AvgIpc) is 2.73. The highest BCUT2D eigenvalue weighted by molar-refractivity contribution is 9.10. The first-order valence-corrected chi connectivity index (χ1v) is 7.27. The summed E-state index contributed by atoms with van der Waals surface area (Å²) >= 11 is 3.55. The molecule has 0 saturated carbocycles. The lowest BCUT2D eigenvalue weighted by molar-refractivity contribution is 0.175. The van der Waals surface area contributed by atoms with Crippen LogP contribution >= 0.6 is 15.9 Å². The Morgan fingerprint density at radius 3 is 2.79 bits per heavy atom. The number of nitrogens with zero attached hydrogens (tertiary/aromatic N) is 2. The molecule has 102 valence electrons. The lowest BCUT2D eigenvalue weighted by Crippen LogP contribution is -2.07. The highest BCUT2D eigenvalue weighted by atomic mass is 79.9. The van der Waals surface area contributed by atoms with Crippen LogP contribution in [0.1, 0.15) is 35.5 Å². The first-order valence-electron chi connectivity index (χ1n) is 6.47. The minimum atomic E-state index is -0.519. The number of rotatable bonds is 4. The Bertz CT molecular complexity index is 578. The van der Waals surface area contributed by atoms with Gasteiger partial charge >= 0.3 is 0 Å². The highest BCUT2D eigenvalue weighted by Gasteiger charge is 2.15. The molecule has 1 aromatic heterocycles. The monoisotopic (exact) mass is 322 g/mol. The Labute approximate surface area is 122 Å². The number of aliphatic hydroxyl groups excluding tert-OH is 1. The molecule has 0 amide bonds. The molecule has 0 radical (unpaired) electrons. The van der Waals surface area contributed by atoms with Gasteiger partial charge in [-0.1, -0.05) is 41.1 Å². The first-order chi connectivity index (χ1) is 9.02.